The van der Waals surface area contributed by atoms with Gasteiger partial charge in [0.15, 0.2) is 0 Å². The summed E-state index contributed by atoms with van der Waals surface area (Å²) in [5.41, 5.74) is 1.47. The number of carboxylic acids is 1. The van der Waals surface area contributed by atoms with Crippen LogP contribution in [0.4, 0.5) is 11.4 Å². The number of anilines is 2. The Morgan fingerprint density at radius 1 is 1.43 bits per heavy atom. The Morgan fingerprint density at radius 2 is 2.14 bits per heavy atom. The fourth-order valence-electron chi connectivity index (χ4n) is 1.43. The molecule has 0 saturated carbocycles. The van der Waals surface area contributed by atoms with E-state index in [1.807, 2.05) is 37.2 Å². The minimum atomic E-state index is -1.17. The van der Waals surface area contributed by atoms with Crippen LogP contribution in [0.3, 0.4) is 0 Å². The molecule has 0 aromatic heterocycles. The van der Waals surface area contributed by atoms with Gasteiger partial charge < -0.3 is 20.6 Å². The van der Waals surface area contributed by atoms with E-state index in [1.54, 1.807) is 12.1 Å². The molecule has 0 unspecified atom stereocenters. The third kappa shape index (κ3) is 5.24. The van der Waals surface area contributed by atoms with Crippen LogP contribution in [0, 0.1) is 11.3 Å². The second kappa shape index (κ2) is 7.55. The number of benzene rings is 1. The number of nitrogens with zero attached hydrogens (tertiary/aromatic N) is 2. The van der Waals surface area contributed by atoms with Gasteiger partial charge in [-0.15, -0.1) is 0 Å². The molecular weight excluding hydrogens is 272 g/mol. The van der Waals surface area contributed by atoms with Crippen LogP contribution >= 0.6 is 0 Å². The van der Waals surface area contributed by atoms with E-state index < -0.39 is 18.4 Å². The number of carbonyl (C=O) groups is 2. The van der Waals surface area contributed by atoms with Gasteiger partial charge in [-0.3, -0.25) is 9.59 Å². The topological polar surface area (TPSA) is 105 Å². The van der Waals surface area contributed by atoms with E-state index in [1.165, 1.54) is 6.20 Å². The highest BCUT2D eigenvalue weighted by molar-refractivity contribution is 5.98. The van der Waals surface area contributed by atoms with Crippen molar-refractivity contribution in [2.24, 2.45) is 0 Å². The molecule has 0 radical (unpaired) electrons. The van der Waals surface area contributed by atoms with Crippen LogP contribution in [0.1, 0.15) is 0 Å². The number of nitrogens with one attached hydrogen (secondary N) is 2. The van der Waals surface area contributed by atoms with Crippen LogP contribution < -0.4 is 15.5 Å². The standard InChI is InChI=1S/C14H16N4O3/c1-18(2)12-5-3-4-11(6-12)16-8-10(7-15)14(21)17-9-13(19)20/h3-6,8,16H,9H2,1-2H3,(H,17,21)(H,19,20)/b10-8-. The molecule has 1 amide bonds. The Kier molecular flexibility index (Phi) is 5.77. The monoisotopic (exact) mass is 288 g/mol. The highest BCUT2D eigenvalue weighted by Crippen LogP contribution is 2.17. The van der Waals surface area contributed by atoms with Crippen LogP contribution in [0.15, 0.2) is 36.0 Å². The molecule has 1 rings (SSSR count). The largest absolute Gasteiger partial charge is 0.480 e. The molecule has 21 heavy (non-hydrogen) atoms. The lowest BCUT2D eigenvalue weighted by atomic mass is 10.2. The van der Waals surface area contributed by atoms with E-state index in [9.17, 15) is 9.59 Å². The van der Waals surface area contributed by atoms with Crippen molar-refractivity contribution in [1.82, 2.24) is 5.32 Å². The van der Waals surface area contributed by atoms with Crippen LogP contribution in [-0.4, -0.2) is 37.6 Å². The second-order valence-corrected chi connectivity index (χ2v) is 4.34. The maximum atomic E-state index is 11.6. The lowest BCUT2D eigenvalue weighted by Crippen LogP contribution is -2.30. The lowest BCUT2D eigenvalue weighted by Gasteiger charge is -2.13. The first kappa shape index (κ1) is 16.0. The zero-order chi connectivity index (χ0) is 15.8. The molecule has 0 aliphatic rings. The fraction of sp³-hybridized carbons (Fsp3) is 0.214. The number of nitriles is 1. The van der Waals surface area contributed by atoms with E-state index in [0.717, 1.165) is 5.69 Å². The predicted molar refractivity (Wildman–Crippen MR) is 78.7 cm³/mol. The van der Waals surface area contributed by atoms with Crippen molar-refractivity contribution in [3.63, 3.8) is 0 Å². The first-order valence-electron chi connectivity index (χ1n) is 6.08. The fourth-order valence-corrected chi connectivity index (χ4v) is 1.43. The van der Waals surface area contributed by atoms with Gasteiger partial charge in [-0.1, -0.05) is 6.07 Å². The van der Waals surface area contributed by atoms with Gasteiger partial charge in [0.2, 0.25) is 0 Å². The summed E-state index contributed by atoms with van der Waals surface area (Å²) in [5, 5.41) is 22.3. The lowest BCUT2D eigenvalue weighted by molar-refractivity contribution is -0.137. The summed E-state index contributed by atoms with van der Waals surface area (Å²) in [7, 11) is 3.80. The second-order valence-electron chi connectivity index (χ2n) is 4.34. The quantitative estimate of drug-likeness (QED) is 0.527. The summed E-state index contributed by atoms with van der Waals surface area (Å²) < 4.78 is 0. The van der Waals surface area contributed by atoms with Crippen LogP contribution in [-0.2, 0) is 9.59 Å². The Labute approximate surface area is 122 Å². The highest BCUT2D eigenvalue weighted by atomic mass is 16.4. The van der Waals surface area contributed by atoms with Gasteiger partial charge in [0.25, 0.3) is 5.91 Å². The number of aliphatic carboxylic acids is 1. The van der Waals surface area contributed by atoms with Crippen LogP contribution in [0.5, 0.6) is 0 Å². The molecule has 0 aliphatic carbocycles. The summed E-state index contributed by atoms with van der Waals surface area (Å²) in [6.45, 7) is -0.534. The van der Waals surface area contributed by atoms with E-state index in [2.05, 4.69) is 10.6 Å². The molecule has 0 atom stereocenters. The summed E-state index contributed by atoms with van der Waals surface area (Å²) in [6.07, 6.45) is 1.24. The number of hydrogen-bond acceptors (Lipinski definition) is 5. The highest BCUT2D eigenvalue weighted by Gasteiger charge is 2.09. The van der Waals surface area contributed by atoms with E-state index >= 15 is 0 Å². The van der Waals surface area contributed by atoms with Crippen molar-refractivity contribution in [2.75, 3.05) is 30.9 Å². The number of carboxylic acid groups (broad SMARTS) is 1. The Bertz CT molecular complexity index is 602. The van der Waals surface area contributed by atoms with Gasteiger partial charge in [-0.2, -0.15) is 5.26 Å². The normalized spacial score (nSPS) is 10.4. The number of carbonyl (C=O) groups excluding carboxylic acids is 1. The Balaban J connectivity index is 2.77. The molecule has 1 aromatic rings. The minimum absolute atomic E-state index is 0.202. The van der Waals surface area contributed by atoms with Crippen LogP contribution in [0.25, 0.3) is 0 Å². The molecule has 7 nitrogen and oxygen atoms in total. The maximum Gasteiger partial charge on any atom is 0.322 e. The molecule has 0 saturated heterocycles. The van der Waals surface area contributed by atoms with Gasteiger partial charge in [0.05, 0.1) is 0 Å². The Morgan fingerprint density at radius 3 is 2.71 bits per heavy atom. The van der Waals surface area contributed by atoms with Crippen molar-refractivity contribution in [3.05, 3.63) is 36.0 Å². The Hall–Kier alpha value is -3.01. The molecular formula is C14H16N4O3. The van der Waals surface area contributed by atoms with E-state index in [-0.39, 0.29) is 5.57 Å². The number of amides is 1. The zero-order valence-corrected chi connectivity index (χ0v) is 11.8. The molecule has 7 heteroatoms. The maximum absolute atomic E-state index is 11.6. The van der Waals surface area contributed by atoms with Crippen molar-refractivity contribution in [1.29, 1.82) is 5.26 Å². The van der Waals surface area contributed by atoms with Crippen LogP contribution in [0.2, 0.25) is 0 Å². The van der Waals surface area contributed by atoms with Crippen molar-refractivity contribution in [3.8, 4) is 6.07 Å². The van der Waals surface area contributed by atoms with Crippen molar-refractivity contribution >= 4 is 23.3 Å². The third-order valence-electron chi connectivity index (χ3n) is 2.51. The molecule has 0 fully saturated rings. The molecule has 0 heterocycles. The van der Waals surface area contributed by atoms with Gasteiger partial charge in [-0.05, 0) is 18.2 Å². The van der Waals surface area contributed by atoms with Gasteiger partial charge >= 0.3 is 5.97 Å². The summed E-state index contributed by atoms with van der Waals surface area (Å²) in [5.74, 6) is -1.91. The van der Waals surface area contributed by atoms with E-state index in [0.29, 0.717) is 5.69 Å². The van der Waals surface area contributed by atoms with Gasteiger partial charge in [0, 0.05) is 31.7 Å². The number of rotatable bonds is 6. The zero-order valence-electron chi connectivity index (χ0n) is 11.8. The molecule has 110 valence electrons. The minimum Gasteiger partial charge on any atom is -0.480 e. The van der Waals surface area contributed by atoms with Crippen molar-refractivity contribution in [2.45, 2.75) is 0 Å². The van der Waals surface area contributed by atoms with Gasteiger partial charge in [0.1, 0.15) is 18.2 Å². The average molecular weight is 288 g/mol. The molecule has 3 N–H and O–H groups in total. The molecule has 1 aromatic carbocycles. The first-order valence-corrected chi connectivity index (χ1v) is 6.08. The molecule has 0 spiro atoms. The molecule has 0 aliphatic heterocycles. The SMILES string of the molecule is CN(C)c1cccc(N/C=C(/C#N)C(=O)NCC(=O)O)c1. The van der Waals surface area contributed by atoms with Crippen molar-refractivity contribution < 1.29 is 14.7 Å². The summed E-state index contributed by atoms with van der Waals surface area (Å²) >= 11 is 0. The smallest absolute Gasteiger partial charge is 0.322 e. The van der Waals surface area contributed by atoms with E-state index in [4.69, 9.17) is 10.4 Å². The summed E-state index contributed by atoms with van der Waals surface area (Å²) in [6, 6.07) is 9.10. The molecule has 0 bridgehead atoms. The average Bonchev–Trinajstić information content (AvgIpc) is 2.46. The summed E-state index contributed by atoms with van der Waals surface area (Å²) in [4.78, 5) is 23.8. The number of hydrogen-bond donors (Lipinski definition) is 3. The predicted octanol–water partition coefficient (Wildman–Crippen LogP) is 0.773. The third-order valence-corrected chi connectivity index (χ3v) is 2.51. The first-order chi connectivity index (χ1) is 9.93. The van der Waals surface area contributed by atoms with Gasteiger partial charge in [-0.25, -0.2) is 0 Å².